The molecule has 2 aliphatic rings. The molecule has 0 aromatic carbocycles. The summed E-state index contributed by atoms with van der Waals surface area (Å²) in [5.41, 5.74) is 0. The van der Waals surface area contributed by atoms with Gasteiger partial charge in [0, 0.05) is 26.2 Å². The van der Waals surface area contributed by atoms with Crippen LogP contribution >= 0.6 is 0 Å². The highest BCUT2D eigenvalue weighted by atomic mass is 16.5. The summed E-state index contributed by atoms with van der Waals surface area (Å²) in [6.45, 7) is 7.22. The molecule has 3 atom stereocenters. The second kappa shape index (κ2) is 7.25. The zero-order valence-corrected chi connectivity index (χ0v) is 13.5. The Morgan fingerprint density at radius 2 is 1.71 bits per heavy atom. The van der Waals surface area contributed by atoms with E-state index in [2.05, 4.69) is 11.8 Å². The molecule has 0 radical (unpaired) electrons. The topological polar surface area (TPSA) is 49.9 Å². The maximum Gasteiger partial charge on any atom is 0.310 e. The lowest BCUT2D eigenvalue weighted by atomic mass is 9.99. The second-order valence-corrected chi connectivity index (χ2v) is 6.48. The molecule has 2 fully saturated rings. The third-order valence-electron chi connectivity index (χ3n) is 4.97. The molecule has 120 valence electrons. The first-order valence-corrected chi connectivity index (χ1v) is 8.15. The lowest BCUT2D eigenvalue weighted by Gasteiger charge is -2.29. The Hall–Kier alpha value is -1.10. The van der Waals surface area contributed by atoms with Gasteiger partial charge in [0.25, 0.3) is 0 Å². The van der Waals surface area contributed by atoms with Gasteiger partial charge < -0.3 is 9.64 Å². The van der Waals surface area contributed by atoms with Crippen molar-refractivity contribution in [3.63, 3.8) is 0 Å². The van der Waals surface area contributed by atoms with Crippen molar-refractivity contribution in [3.05, 3.63) is 0 Å². The number of nitrogens with zero attached hydrogens (tertiary/aromatic N) is 2. The minimum atomic E-state index is -0.153. The average Bonchev–Trinajstić information content (AvgIpc) is 2.71. The van der Waals surface area contributed by atoms with Gasteiger partial charge in [-0.3, -0.25) is 14.5 Å². The second-order valence-electron chi connectivity index (χ2n) is 6.48. The SMILES string of the molecule is COC(=O)C1CN(C(C)C(=O)N2CCCCCC2)CC1C. The molecular formula is C16H28N2O3. The summed E-state index contributed by atoms with van der Waals surface area (Å²) in [7, 11) is 1.43. The molecule has 0 bridgehead atoms. The monoisotopic (exact) mass is 296 g/mol. The highest BCUT2D eigenvalue weighted by molar-refractivity contribution is 5.82. The van der Waals surface area contributed by atoms with Gasteiger partial charge in [0.1, 0.15) is 0 Å². The Balaban J connectivity index is 1.95. The van der Waals surface area contributed by atoms with Crippen LogP contribution in [0, 0.1) is 11.8 Å². The van der Waals surface area contributed by atoms with E-state index in [9.17, 15) is 9.59 Å². The number of esters is 1. The number of methoxy groups -OCH3 is 1. The molecule has 0 aliphatic carbocycles. The molecule has 2 saturated heterocycles. The fourth-order valence-electron chi connectivity index (χ4n) is 3.49. The van der Waals surface area contributed by atoms with Crippen molar-refractivity contribution in [1.29, 1.82) is 0 Å². The number of hydrogen-bond acceptors (Lipinski definition) is 4. The number of carbonyl (C=O) groups excluding carboxylic acids is 2. The first kappa shape index (κ1) is 16.3. The van der Waals surface area contributed by atoms with Crippen molar-refractivity contribution >= 4 is 11.9 Å². The Morgan fingerprint density at radius 3 is 2.29 bits per heavy atom. The van der Waals surface area contributed by atoms with Crippen molar-refractivity contribution in [3.8, 4) is 0 Å². The van der Waals surface area contributed by atoms with E-state index >= 15 is 0 Å². The molecule has 0 aromatic rings. The first-order valence-electron chi connectivity index (χ1n) is 8.15. The number of amides is 1. The van der Waals surface area contributed by atoms with Crippen molar-refractivity contribution in [1.82, 2.24) is 9.80 Å². The average molecular weight is 296 g/mol. The number of carbonyl (C=O) groups is 2. The number of hydrogen-bond donors (Lipinski definition) is 0. The number of rotatable bonds is 3. The van der Waals surface area contributed by atoms with Gasteiger partial charge in [0.15, 0.2) is 0 Å². The third kappa shape index (κ3) is 3.76. The van der Waals surface area contributed by atoms with Gasteiger partial charge in [-0.1, -0.05) is 19.8 Å². The van der Waals surface area contributed by atoms with Crippen LogP contribution < -0.4 is 0 Å². The van der Waals surface area contributed by atoms with Crippen LogP contribution in [0.4, 0.5) is 0 Å². The minimum absolute atomic E-state index is 0.102. The quantitative estimate of drug-likeness (QED) is 0.741. The predicted molar refractivity (Wildman–Crippen MR) is 80.8 cm³/mol. The fourth-order valence-corrected chi connectivity index (χ4v) is 3.49. The molecule has 2 heterocycles. The van der Waals surface area contributed by atoms with Gasteiger partial charge >= 0.3 is 5.97 Å². The zero-order chi connectivity index (χ0) is 15.4. The van der Waals surface area contributed by atoms with Gasteiger partial charge in [-0.2, -0.15) is 0 Å². The molecular weight excluding hydrogens is 268 g/mol. The lowest BCUT2D eigenvalue weighted by molar-refractivity contribution is -0.146. The van der Waals surface area contributed by atoms with Gasteiger partial charge in [-0.05, 0) is 25.7 Å². The normalized spacial score (nSPS) is 29.0. The van der Waals surface area contributed by atoms with Crippen LogP contribution in [0.5, 0.6) is 0 Å². The standard InChI is InChI=1S/C16H28N2O3/c1-12-10-18(11-14(12)16(20)21-3)13(2)15(19)17-8-6-4-5-7-9-17/h12-14H,4-11H2,1-3H3. The molecule has 0 N–H and O–H groups in total. The summed E-state index contributed by atoms with van der Waals surface area (Å²) in [4.78, 5) is 28.6. The van der Waals surface area contributed by atoms with Crippen LogP contribution in [0.1, 0.15) is 39.5 Å². The van der Waals surface area contributed by atoms with Crippen molar-refractivity contribution in [2.75, 3.05) is 33.3 Å². The Kier molecular flexibility index (Phi) is 5.62. The van der Waals surface area contributed by atoms with E-state index in [1.807, 2.05) is 11.8 Å². The van der Waals surface area contributed by atoms with Crippen molar-refractivity contribution in [2.45, 2.75) is 45.6 Å². The molecule has 21 heavy (non-hydrogen) atoms. The molecule has 0 saturated carbocycles. The first-order chi connectivity index (χ1) is 10.0. The maximum absolute atomic E-state index is 12.7. The Morgan fingerprint density at radius 1 is 1.10 bits per heavy atom. The molecule has 1 amide bonds. The highest BCUT2D eigenvalue weighted by Crippen LogP contribution is 2.26. The summed E-state index contributed by atoms with van der Waals surface area (Å²) >= 11 is 0. The molecule has 0 spiro atoms. The van der Waals surface area contributed by atoms with Gasteiger partial charge in [0.2, 0.25) is 5.91 Å². The number of ether oxygens (including phenoxy) is 1. The van der Waals surface area contributed by atoms with Crippen molar-refractivity contribution in [2.24, 2.45) is 11.8 Å². The summed E-state index contributed by atoms with van der Waals surface area (Å²) in [5.74, 6) is 0.209. The minimum Gasteiger partial charge on any atom is -0.469 e. The summed E-state index contributed by atoms with van der Waals surface area (Å²) in [6, 6.07) is -0.139. The van der Waals surface area contributed by atoms with E-state index in [1.165, 1.54) is 20.0 Å². The summed E-state index contributed by atoms with van der Waals surface area (Å²) in [5, 5.41) is 0. The van der Waals surface area contributed by atoms with Gasteiger partial charge in [-0.15, -0.1) is 0 Å². The summed E-state index contributed by atoms with van der Waals surface area (Å²) in [6.07, 6.45) is 4.67. The molecule has 2 aliphatic heterocycles. The zero-order valence-electron chi connectivity index (χ0n) is 13.5. The lowest BCUT2D eigenvalue weighted by Crippen LogP contribution is -2.47. The Bertz CT molecular complexity index is 378. The molecule has 3 unspecified atom stereocenters. The van der Waals surface area contributed by atoms with Crippen LogP contribution in [-0.4, -0.2) is 61.0 Å². The van der Waals surface area contributed by atoms with E-state index in [0.29, 0.717) is 6.54 Å². The largest absolute Gasteiger partial charge is 0.469 e. The van der Waals surface area contributed by atoms with E-state index in [0.717, 1.165) is 32.5 Å². The van der Waals surface area contributed by atoms with E-state index in [1.54, 1.807) is 0 Å². The number of likely N-dealkylation sites (tertiary alicyclic amines) is 2. The van der Waals surface area contributed by atoms with Crippen molar-refractivity contribution < 1.29 is 14.3 Å². The van der Waals surface area contributed by atoms with Crippen LogP contribution in [0.15, 0.2) is 0 Å². The highest BCUT2D eigenvalue weighted by Gasteiger charge is 2.39. The fraction of sp³-hybridized carbons (Fsp3) is 0.875. The third-order valence-corrected chi connectivity index (χ3v) is 4.97. The molecule has 5 nitrogen and oxygen atoms in total. The maximum atomic E-state index is 12.7. The Labute approximate surface area is 127 Å². The van der Waals surface area contributed by atoms with Crippen LogP contribution in [0.3, 0.4) is 0 Å². The van der Waals surface area contributed by atoms with Crippen LogP contribution in [-0.2, 0) is 14.3 Å². The van der Waals surface area contributed by atoms with E-state index in [-0.39, 0.29) is 29.8 Å². The summed E-state index contributed by atoms with van der Waals surface area (Å²) < 4.78 is 4.87. The molecule has 2 rings (SSSR count). The smallest absolute Gasteiger partial charge is 0.310 e. The molecule has 5 heteroatoms. The van der Waals surface area contributed by atoms with Gasteiger partial charge in [-0.25, -0.2) is 0 Å². The van der Waals surface area contributed by atoms with E-state index in [4.69, 9.17) is 4.74 Å². The predicted octanol–water partition coefficient (Wildman–Crippen LogP) is 1.52. The van der Waals surface area contributed by atoms with Gasteiger partial charge in [0.05, 0.1) is 19.1 Å². The van der Waals surface area contributed by atoms with Crippen LogP contribution in [0.2, 0.25) is 0 Å². The van der Waals surface area contributed by atoms with Crippen LogP contribution in [0.25, 0.3) is 0 Å². The van der Waals surface area contributed by atoms with E-state index < -0.39 is 0 Å². The molecule has 0 aromatic heterocycles.